The van der Waals surface area contributed by atoms with Crippen LogP contribution in [0.4, 0.5) is 11.8 Å². The summed E-state index contributed by atoms with van der Waals surface area (Å²) >= 11 is 0. The molecule has 2 aliphatic rings. The van der Waals surface area contributed by atoms with Gasteiger partial charge in [0.15, 0.2) is 0 Å². The first-order valence-corrected chi connectivity index (χ1v) is 8.91. The Bertz CT molecular complexity index is 775. The molecule has 5 nitrogen and oxygen atoms in total. The van der Waals surface area contributed by atoms with Crippen molar-refractivity contribution >= 4 is 28.2 Å². The number of benzene rings is 1. The van der Waals surface area contributed by atoms with Gasteiger partial charge in [-0.15, -0.1) is 0 Å². The van der Waals surface area contributed by atoms with Crippen molar-refractivity contribution < 1.29 is 0 Å². The number of nitrogens with zero attached hydrogens (tertiary/aromatic N) is 4. The molecule has 0 bridgehead atoms. The minimum absolute atomic E-state index is 0.367. The summed E-state index contributed by atoms with van der Waals surface area (Å²) in [7, 11) is 2.16. The number of nitrogens with two attached hydrogens (primary N) is 1. The van der Waals surface area contributed by atoms with Gasteiger partial charge in [-0.1, -0.05) is 12.1 Å². The van der Waals surface area contributed by atoms with Crippen molar-refractivity contribution in [3.05, 3.63) is 29.8 Å². The number of likely N-dealkylation sites (N-methyl/N-ethyl adjacent to an activating group) is 1. The summed E-state index contributed by atoms with van der Waals surface area (Å²) in [4.78, 5) is 13.7. The van der Waals surface area contributed by atoms with Gasteiger partial charge in [0.1, 0.15) is 5.82 Å². The van der Waals surface area contributed by atoms with Crippen molar-refractivity contribution in [2.75, 3.05) is 43.9 Å². The molecule has 1 aromatic carbocycles. The van der Waals surface area contributed by atoms with Crippen LogP contribution in [0.5, 0.6) is 0 Å². The van der Waals surface area contributed by atoms with E-state index in [0.717, 1.165) is 49.3 Å². The highest BCUT2D eigenvalue weighted by molar-refractivity contribution is 5.92. The summed E-state index contributed by atoms with van der Waals surface area (Å²) < 4.78 is 0. The molecule has 1 aromatic heterocycles. The van der Waals surface area contributed by atoms with E-state index in [-0.39, 0.29) is 0 Å². The normalized spacial score (nSPS) is 19.5. The zero-order valence-corrected chi connectivity index (χ0v) is 14.3. The monoisotopic (exact) mass is 323 g/mol. The van der Waals surface area contributed by atoms with Crippen LogP contribution in [0.1, 0.15) is 31.2 Å². The number of anilines is 2. The number of rotatable bonds is 2. The van der Waals surface area contributed by atoms with Gasteiger partial charge < -0.3 is 15.5 Å². The van der Waals surface area contributed by atoms with Crippen LogP contribution in [0.25, 0.3) is 16.5 Å². The average molecular weight is 323 g/mol. The molecular formula is C19H25N5. The first-order chi connectivity index (χ1) is 11.7. The summed E-state index contributed by atoms with van der Waals surface area (Å²) in [6, 6.07) is 6.58. The molecule has 2 heterocycles. The van der Waals surface area contributed by atoms with Crippen LogP contribution in [-0.2, 0) is 0 Å². The molecule has 0 amide bonds. The molecule has 24 heavy (non-hydrogen) atoms. The largest absolute Gasteiger partial charge is 0.368 e. The van der Waals surface area contributed by atoms with Gasteiger partial charge in [-0.05, 0) is 56.0 Å². The molecule has 1 aliphatic heterocycles. The Morgan fingerprint density at radius 3 is 2.62 bits per heavy atom. The van der Waals surface area contributed by atoms with Crippen molar-refractivity contribution in [1.82, 2.24) is 14.9 Å². The Hall–Kier alpha value is -2.14. The lowest BCUT2D eigenvalue weighted by Gasteiger charge is -2.33. The summed E-state index contributed by atoms with van der Waals surface area (Å²) in [6.45, 7) is 4.07. The number of hydrogen-bond donors (Lipinski definition) is 1. The topological polar surface area (TPSA) is 58.3 Å². The maximum atomic E-state index is 6.01. The molecule has 0 saturated carbocycles. The lowest BCUT2D eigenvalue weighted by atomic mass is 9.93. The van der Waals surface area contributed by atoms with Crippen molar-refractivity contribution in [2.45, 2.75) is 25.7 Å². The second-order valence-corrected chi connectivity index (χ2v) is 6.90. The van der Waals surface area contributed by atoms with Gasteiger partial charge >= 0.3 is 0 Å². The van der Waals surface area contributed by atoms with E-state index in [1.807, 2.05) is 0 Å². The third-order valence-electron chi connectivity index (χ3n) is 5.16. The van der Waals surface area contributed by atoms with Gasteiger partial charge in [0.25, 0.3) is 0 Å². The molecule has 2 aromatic rings. The van der Waals surface area contributed by atoms with Crippen LogP contribution in [0, 0.1) is 0 Å². The van der Waals surface area contributed by atoms with Crippen LogP contribution in [0.2, 0.25) is 0 Å². The molecule has 126 valence electrons. The zero-order valence-electron chi connectivity index (χ0n) is 14.3. The zero-order chi connectivity index (χ0) is 16.5. The molecule has 1 aliphatic carbocycles. The predicted octanol–water partition coefficient (Wildman–Crippen LogP) is 2.92. The fourth-order valence-corrected chi connectivity index (χ4v) is 3.69. The van der Waals surface area contributed by atoms with Gasteiger partial charge in [-0.2, -0.15) is 4.98 Å². The van der Waals surface area contributed by atoms with Crippen molar-refractivity contribution in [2.24, 2.45) is 0 Å². The number of aromatic nitrogens is 2. The van der Waals surface area contributed by atoms with E-state index in [2.05, 4.69) is 51.1 Å². The first-order valence-electron chi connectivity index (χ1n) is 8.91. The Balaban J connectivity index is 1.74. The van der Waals surface area contributed by atoms with Gasteiger partial charge in [-0.3, -0.25) is 0 Å². The van der Waals surface area contributed by atoms with Crippen molar-refractivity contribution in [3.63, 3.8) is 0 Å². The van der Waals surface area contributed by atoms with E-state index in [0.29, 0.717) is 5.95 Å². The van der Waals surface area contributed by atoms with Crippen LogP contribution in [0.3, 0.4) is 0 Å². The van der Waals surface area contributed by atoms with E-state index >= 15 is 0 Å². The van der Waals surface area contributed by atoms with Crippen LogP contribution >= 0.6 is 0 Å². The molecule has 4 rings (SSSR count). The second-order valence-electron chi connectivity index (χ2n) is 6.90. The van der Waals surface area contributed by atoms with Crippen LogP contribution < -0.4 is 10.6 Å². The van der Waals surface area contributed by atoms with E-state index in [4.69, 9.17) is 5.73 Å². The Morgan fingerprint density at radius 1 is 1.04 bits per heavy atom. The maximum Gasteiger partial charge on any atom is 0.222 e. The minimum Gasteiger partial charge on any atom is -0.368 e. The molecule has 0 atom stereocenters. The fraction of sp³-hybridized carbons (Fsp3) is 0.474. The van der Waals surface area contributed by atoms with Crippen molar-refractivity contribution in [1.29, 1.82) is 0 Å². The third kappa shape index (κ3) is 2.96. The Morgan fingerprint density at radius 2 is 1.88 bits per heavy atom. The minimum atomic E-state index is 0.367. The summed E-state index contributed by atoms with van der Waals surface area (Å²) in [5.41, 5.74) is 9.70. The molecule has 0 radical (unpaired) electrons. The number of hydrogen-bond acceptors (Lipinski definition) is 5. The number of allylic oxidation sites excluding steroid dienone is 2. The average Bonchev–Trinajstić information content (AvgIpc) is 2.62. The van der Waals surface area contributed by atoms with E-state index < -0.39 is 0 Å². The molecule has 5 heteroatoms. The van der Waals surface area contributed by atoms with E-state index in [9.17, 15) is 0 Å². The van der Waals surface area contributed by atoms with Crippen molar-refractivity contribution in [3.8, 4) is 0 Å². The van der Waals surface area contributed by atoms with Crippen LogP contribution in [0.15, 0.2) is 24.3 Å². The fourth-order valence-electron chi connectivity index (χ4n) is 3.69. The number of piperazine rings is 1. The third-order valence-corrected chi connectivity index (χ3v) is 5.16. The van der Waals surface area contributed by atoms with Gasteiger partial charge in [-0.25, -0.2) is 4.98 Å². The van der Waals surface area contributed by atoms with E-state index in [1.54, 1.807) is 0 Å². The molecule has 0 unspecified atom stereocenters. The Kier molecular flexibility index (Phi) is 4.10. The lowest BCUT2D eigenvalue weighted by Crippen LogP contribution is -2.45. The van der Waals surface area contributed by atoms with Gasteiger partial charge in [0.2, 0.25) is 5.95 Å². The second kappa shape index (κ2) is 6.40. The highest BCUT2D eigenvalue weighted by Gasteiger charge is 2.19. The van der Waals surface area contributed by atoms with Crippen LogP contribution in [-0.4, -0.2) is 48.1 Å². The molecule has 1 saturated heterocycles. The smallest absolute Gasteiger partial charge is 0.222 e. The number of fused-ring (bicyclic) bond motifs is 1. The highest BCUT2D eigenvalue weighted by Crippen LogP contribution is 2.31. The molecule has 1 fully saturated rings. The first kappa shape index (κ1) is 15.4. The summed E-state index contributed by atoms with van der Waals surface area (Å²) in [6.07, 6.45) is 7.31. The SMILES string of the molecule is CN1CCN(c2nc(N)nc3cc(C4=CCCCC4)ccc23)CC1. The predicted molar refractivity (Wildman–Crippen MR) is 100 cm³/mol. The molecule has 0 spiro atoms. The highest BCUT2D eigenvalue weighted by atomic mass is 15.3. The Labute approximate surface area is 143 Å². The van der Waals surface area contributed by atoms with Gasteiger partial charge in [0.05, 0.1) is 5.52 Å². The molecular weight excluding hydrogens is 298 g/mol. The maximum absolute atomic E-state index is 6.01. The number of nitrogen functional groups attached to an aromatic ring is 1. The molecule has 2 N–H and O–H groups in total. The van der Waals surface area contributed by atoms with E-state index in [1.165, 1.54) is 30.4 Å². The standard InChI is InChI=1S/C19H25N5/c1-23-9-11-24(12-10-23)18-16-8-7-15(14-5-3-2-4-6-14)13-17(16)21-19(20)22-18/h5,7-8,13H,2-4,6,9-12H2,1H3,(H2,20,21,22). The van der Waals surface area contributed by atoms with Gasteiger partial charge in [0, 0.05) is 31.6 Å². The summed E-state index contributed by atoms with van der Waals surface area (Å²) in [5, 5.41) is 1.11. The lowest BCUT2D eigenvalue weighted by molar-refractivity contribution is 0.312. The quantitative estimate of drug-likeness (QED) is 0.921. The summed E-state index contributed by atoms with van der Waals surface area (Å²) in [5.74, 6) is 1.35.